The minimum absolute atomic E-state index is 0.0460. The standard InChI is InChI=1S/C18H21NO4S/c1-4-23-16(20)11-14(13-7-5-6-8-15(13)22-3)19-18(21)17-12(2)9-10-24-17/h5-10,14H,4,11H2,1-3H3,(H,19,21)/t14-/m1/s1. The van der Waals surface area contributed by atoms with Crippen molar-refractivity contribution < 1.29 is 19.1 Å². The van der Waals surface area contributed by atoms with Crippen LogP contribution < -0.4 is 10.1 Å². The molecule has 1 atom stereocenters. The van der Waals surface area contributed by atoms with Crippen LogP contribution in [0.3, 0.4) is 0 Å². The van der Waals surface area contributed by atoms with E-state index in [2.05, 4.69) is 5.32 Å². The molecule has 0 unspecified atom stereocenters. The van der Waals surface area contributed by atoms with Gasteiger partial charge in [0.25, 0.3) is 5.91 Å². The molecular weight excluding hydrogens is 326 g/mol. The fourth-order valence-electron chi connectivity index (χ4n) is 2.41. The van der Waals surface area contributed by atoms with E-state index < -0.39 is 6.04 Å². The number of ether oxygens (including phenoxy) is 2. The third-order valence-corrected chi connectivity index (χ3v) is 4.58. The lowest BCUT2D eigenvalue weighted by atomic mass is 10.0. The summed E-state index contributed by atoms with van der Waals surface area (Å²) in [6.45, 7) is 3.94. The van der Waals surface area contributed by atoms with Crippen LogP contribution in [0.5, 0.6) is 5.75 Å². The molecule has 2 rings (SSSR count). The summed E-state index contributed by atoms with van der Waals surface area (Å²) >= 11 is 1.37. The second kappa shape index (κ2) is 8.49. The van der Waals surface area contributed by atoms with Crippen LogP contribution in [0.1, 0.15) is 40.2 Å². The Balaban J connectivity index is 2.27. The molecule has 0 bridgehead atoms. The van der Waals surface area contributed by atoms with Crippen LogP contribution in [0.2, 0.25) is 0 Å². The van der Waals surface area contributed by atoms with Gasteiger partial charge in [-0.05, 0) is 36.9 Å². The fraction of sp³-hybridized carbons (Fsp3) is 0.333. The maximum Gasteiger partial charge on any atom is 0.308 e. The van der Waals surface area contributed by atoms with Crippen LogP contribution in [-0.2, 0) is 9.53 Å². The first-order valence-corrected chi connectivity index (χ1v) is 8.58. The molecule has 1 amide bonds. The van der Waals surface area contributed by atoms with E-state index in [1.165, 1.54) is 11.3 Å². The summed E-state index contributed by atoms with van der Waals surface area (Å²) in [4.78, 5) is 25.1. The maximum absolute atomic E-state index is 12.6. The number of rotatable bonds is 7. The molecule has 0 saturated heterocycles. The molecule has 6 heteroatoms. The lowest BCUT2D eigenvalue weighted by molar-refractivity contribution is -0.143. The minimum Gasteiger partial charge on any atom is -0.496 e. The molecule has 0 radical (unpaired) electrons. The highest BCUT2D eigenvalue weighted by atomic mass is 32.1. The Morgan fingerprint density at radius 3 is 2.62 bits per heavy atom. The first kappa shape index (κ1) is 18.0. The van der Waals surface area contributed by atoms with Crippen molar-refractivity contribution in [1.82, 2.24) is 5.32 Å². The fourth-order valence-corrected chi connectivity index (χ4v) is 3.24. The van der Waals surface area contributed by atoms with Gasteiger partial charge in [0, 0.05) is 5.56 Å². The van der Waals surface area contributed by atoms with Gasteiger partial charge in [-0.15, -0.1) is 11.3 Å². The van der Waals surface area contributed by atoms with Gasteiger partial charge in [0.15, 0.2) is 0 Å². The van der Waals surface area contributed by atoms with Crippen LogP contribution in [0.15, 0.2) is 35.7 Å². The molecule has 128 valence electrons. The van der Waals surface area contributed by atoms with Crippen molar-refractivity contribution in [2.75, 3.05) is 13.7 Å². The number of benzene rings is 1. The van der Waals surface area contributed by atoms with Crippen molar-refractivity contribution in [1.29, 1.82) is 0 Å². The topological polar surface area (TPSA) is 64.6 Å². The molecule has 0 aliphatic carbocycles. The first-order chi connectivity index (χ1) is 11.6. The SMILES string of the molecule is CCOC(=O)C[C@@H](NC(=O)c1sccc1C)c1ccccc1OC. The molecule has 24 heavy (non-hydrogen) atoms. The van der Waals surface area contributed by atoms with E-state index in [0.29, 0.717) is 17.2 Å². The molecule has 2 aromatic rings. The summed E-state index contributed by atoms with van der Waals surface area (Å²) in [6.07, 6.45) is 0.0460. The molecule has 1 aromatic carbocycles. The number of nitrogens with one attached hydrogen (secondary N) is 1. The van der Waals surface area contributed by atoms with Gasteiger partial charge in [0.05, 0.1) is 31.1 Å². The largest absolute Gasteiger partial charge is 0.496 e. The van der Waals surface area contributed by atoms with Gasteiger partial charge in [-0.1, -0.05) is 18.2 Å². The van der Waals surface area contributed by atoms with E-state index in [1.54, 1.807) is 20.1 Å². The van der Waals surface area contributed by atoms with Crippen LogP contribution in [0, 0.1) is 6.92 Å². The normalized spacial score (nSPS) is 11.6. The molecule has 1 aromatic heterocycles. The first-order valence-electron chi connectivity index (χ1n) is 7.70. The highest BCUT2D eigenvalue weighted by Crippen LogP contribution is 2.28. The maximum atomic E-state index is 12.6. The van der Waals surface area contributed by atoms with Gasteiger partial charge >= 0.3 is 5.97 Å². The van der Waals surface area contributed by atoms with Gasteiger partial charge in [0.1, 0.15) is 5.75 Å². The number of amides is 1. The van der Waals surface area contributed by atoms with Crippen molar-refractivity contribution in [3.8, 4) is 5.75 Å². The zero-order chi connectivity index (χ0) is 17.5. The number of para-hydroxylation sites is 1. The van der Waals surface area contributed by atoms with Crippen LogP contribution in [0.25, 0.3) is 0 Å². The molecule has 0 aliphatic rings. The summed E-state index contributed by atoms with van der Waals surface area (Å²) in [5.74, 6) is 0.0503. The molecular formula is C18H21NO4S. The van der Waals surface area contributed by atoms with E-state index in [1.807, 2.05) is 36.6 Å². The third-order valence-electron chi connectivity index (χ3n) is 3.56. The number of hydrogen-bond acceptors (Lipinski definition) is 5. The predicted molar refractivity (Wildman–Crippen MR) is 93.5 cm³/mol. The Morgan fingerprint density at radius 2 is 2.00 bits per heavy atom. The molecule has 0 saturated carbocycles. The Morgan fingerprint density at radius 1 is 1.25 bits per heavy atom. The molecule has 0 fully saturated rings. The van der Waals surface area contributed by atoms with Crippen LogP contribution in [0.4, 0.5) is 0 Å². The predicted octanol–water partition coefficient (Wildman–Crippen LogP) is 3.49. The van der Waals surface area contributed by atoms with E-state index >= 15 is 0 Å². The van der Waals surface area contributed by atoms with Crippen molar-refractivity contribution in [2.45, 2.75) is 26.3 Å². The molecule has 1 N–H and O–H groups in total. The van der Waals surface area contributed by atoms with Crippen molar-refractivity contribution in [3.05, 3.63) is 51.7 Å². The summed E-state index contributed by atoms with van der Waals surface area (Å²) in [7, 11) is 1.56. The van der Waals surface area contributed by atoms with E-state index in [4.69, 9.17) is 9.47 Å². The average molecular weight is 347 g/mol. The van der Waals surface area contributed by atoms with Gasteiger partial charge < -0.3 is 14.8 Å². The second-order valence-corrected chi connectivity index (χ2v) is 6.13. The summed E-state index contributed by atoms with van der Waals surface area (Å²) in [6, 6.07) is 8.70. The zero-order valence-electron chi connectivity index (χ0n) is 14.0. The lowest BCUT2D eigenvalue weighted by Crippen LogP contribution is -2.30. The molecule has 0 spiro atoms. The smallest absolute Gasteiger partial charge is 0.308 e. The Labute approximate surface area is 145 Å². The second-order valence-electron chi connectivity index (χ2n) is 5.21. The Hall–Kier alpha value is -2.34. The number of esters is 1. The number of aryl methyl sites for hydroxylation is 1. The summed E-state index contributed by atoms with van der Waals surface area (Å²) < 4.78 is 10.4. The average Bonchev–Trinajstić information content (AvgIpc) is 3.00. The summed E-state index contributed by atoms with van der Waals surface area (Å²) in [5.41, 5.74) is 1.66. The highest BCUT2D eigenvalue weighted by molar-refractivity contribution is 7.12. The monoisotopic (exact) mass is 347 g/mol. The number of carbonyl (C=O) groups is 2. The number of carbonyl (C=O) groups excluding carboxylic acids is 2. The van der Waals surface area contributed by atoms with Gasteiger partial charge in [-0.2, -0.15) is 0 Å². The van der Waals surface area contributed by atoms with Crippen LogP contribution >= 0.6 is 11.3 Å². The van der Waals surface area contributed by atoms with Crippen molar-refractivity contribution in [2.24, 2.45) is 0 Å². The minimum atomic E-state index is -0.519. The van der Waals surface area contributed by atoms with Gasteiger partial charge in [-0.25, -0.2) is 0 Å². The van der Waals surface area contributed by atoms with E-state index in [0.717, 1.165) is 11.1 Å². The third kappa shape index (κ3) is 4.35. The highest BCUT2D eigenvalue weighted by Gasteiger charge is 2.23. The zero-order valence-corrected chi connectivity index (χ0v) is 14.8. The van der Waals surface area contributed by atoms with E-state index in [9.17, 15) is 9.59 Å². The Kier molecular flexibility index (Phi) is 6.37. The van der Waals surface area contributed by atoms with Crippen LogP contribution in [-0.4, -0.2) is 25.6 Å². The lowest BCUT2D eigenvalue weighted by Gasteiger charge is -2.20. The number of methoxy groups -OCH3 is 1. The number of thiophene rings is 1. The van der Waals surface area contributed by atoms with Gasteiger partial charge in [-0.3, -0.25) is 9.59 Å². The summed E-state index contributed by atoms with van der Waals surface area (Å²) in [5, 5.41) is 4.80. The molecule has 0 aliphatic heterocycles. The van der Waals surface area contributed by atoms with E-state index in [-0.39, 0.29) is 18.3 Å². The molecule has 5 nitrogen and oxygen atoms in total. The number of hydrogen-bond donors (Lipinski definition) is 1. The quantitative estimate of drug-likeness (QED) is 0.779. The van der Waals surface area contributed by atoms with Gasteiger partial charge in [0.2, 0.25) is 0 Å². The van der Waals surface area contributed by atoms with Crippen molar-refractivity contribution in [3.63, 3.8) is 0 Å². The molecule has 1 heterocycles. The van der Waals surface area contributed by atoms with Crippen molar-refractivity contribution >= 4 is 23.2 Å². The Bertz CT molecular complexity index is 711.